The molecule has 0 bridgehead atoms. The number of nitrogens with zero attached hydrogens (tertiary/aromatic N) is 2. The van der Waals surface area contributed by atoms with Gasteiger partial charge in [0.05, 0.1) is 6.54 Å². The summed E-state index contributed by atoms with van der Waals surface area (Å²) in [5.41, 5.74) is 0.985. The fraction of sp³-hybridized carbons (Fsp3) is 0.562. The van der Waals surface area contributed by atoms with Crippen molar-refractivity contribution in [3.05, 3.63) is 30.3 Å². The monoisotopic (exact) mass is 311 g/mol. The molecule has 2 rings (SSSR count). The lowest BCUT2D eigenvalue weighted by Crippen LogP contribution is -2.46. The molecule has 1 aromatic rings. The summed E-state index contributed by atoms with van der Waals surface area (Å²) in [6.45, 7) is 5.34. The standard InChI is InChI=1S/C16H25N3O.ClH/c1-3-19(15-7-5-4-6-8-15)16(20)13-18(2)14-9-11-17-12-10-14;/h4-8,14,17H,3,9-13H2,1-2H3;1H. The summed E-state index contributed by atoms with van der Waals surface area (Å²) >= 11 is 0. The first-order valence-electron chi connectivity index (χ1n) is 7.48. The summed E-state index contributed by atoms with van der Waals surface area (Å²) in [6.07, 6.45) is 2.25. The van der Waals surface area contributed by atoms with E-state index in [-0.39, 0.29) is 18.3 Å². The maximum absolute atomic E-state index is 12.5. The third-order valence-corrected chi connectivity index (χ3v) is 4.00. The van der Waals surface area contributed by atoms with Crippen LogP contribution in [0.1, 0.15) is 19.8 Å². The van der Waals surface area contributed by atoms with Gasteiger partial charge >= 0.3 is 0 Å². The second-order valence-corrected chi connectivity index (χ2v) is 5.37. The highest BCUT2D eigenvalue weighted by atomic mass is 35.5. The molecule has 1 aliphatic rings. The molecule has 21 heavy (non-hydrogen) atoms. The molecule has 0 aliphatic carbocycles. The Hall–Kier alpha value is -1.10. The van der Waals surface area contributed by atoms with Crippen LogP contribution in [0.4, 0.5) is 5.69 Å². The molecule has 1 aromatic carbocycles. The average molecular weight is 312 g/mol. The van der Waals surface area contributed by atoms with Gasteiger partial charge in [-0.05, 0) is 52.0 Å². The Kier molecular flexibility index (Phi) is 7.72. The van der Waals surface area contributed by atoms with Crippen molar-refractivity contribution in [2.75, 3.05) is 38.1 Å². The number of anilines is 1. The normalized spacial score (nSPS) is 15.6. The second-order valence-electron chi connectivity index (χ2n) is 5.37. The molecule has 0 spiro atoms. The van der Waals surface area contributed by atoms with Crippen LogP contribution in [0.2, 0.25) is 0 Å². The van der Waals surface area contributed by atoms with Gasteiger partial charge in [-0.3, -0.25) is 9.69 Å². The van der Waals surface area contributed by atoms with E-state index in [4.69, 9.17) is 0 Å². The third kappa shape index (κ3) is 4.99. The summed E-state index contributed by atoms with van der Waals surface area (Å²) in [5, 5.41) is 3.36. The number of nitrogens with one attached hydrogen (secondary N) is 1. The molecule has 5 heteroatoms. The number of carbonyl (C=O) groups excluding carboxylic acids is 1. The predicted molar refractivity (Wildman–Crippen MR) is 90.2 cm³/mol. The Morgan fingerprint density at radius 2 is 1.86 bits per heavy atom. The minimum atomic E-state index is 0. The Labute approximate surface area is 133 Å². The van der Waals surface area contributed by atoms with E-state index < -0.39 is 0 Å². The predicted octanol–water partition coefficient (Wildman–Crippen LogP) is 2.15. The van der Waals surface area contributed by atoms with Crippen LogP contribution in [-0.2, 0) is 4.79 Å². The van der Waals surface area contributed by atoms with Crippen molar-refractivity contribution in [3.8, 4) is 0 Å². The number of hydrogen-bond acceptors (Lipinski definition) is 3. The highest BCUT2D eigenvalue weighted by Crippen LogP contribution is 2.15. The third-order valence-electron chi connectivity index (χ3n) is 4.00. The highest BCUT2D eigenvalue weighted by Gasteiger charge is 2.22. The zero-order valence-electron chi connectivity index (χ0n) is 12.9. The van der Waals surface area contributed by atoms with E-state index in [1.807, 2.05) is 42.2 Å². The van der Waals surface area contributed by atoms with E-state index in [0.29, 0.717) is 19.1 Å². The van der Waals surface area contributed by atoms with E-state index >= 15 is 0 Å². The van der Waals surface area contributed by atoms with Gasteiger partial charge in [-0.25, -0.2) is 0 Å². The van der Waals surface area contributed by atoms with Gasteiger partial charge in [0.15, 0.2) is 0 Å². The van der Waals surface area contributed by atoms with Crippen molar-refractivity contribution in [3.63, 3.8) is 0 Å². The number of benzene rings is 1. The summed E-state index contributed by atoms with van der Waals surface area (Å²) in [5.74, 6) is 0.180. The molecule has 1 aliphatic heterocycles. The fourth-order valence-electron chi connectivity index (χ4n) is 2.79. The first kappa shape index (κ1) is 18.0. The zero-order chi connectivity index (χ0) is 14.4. The van der Waals surface area contributed by atoms with E-state index in [2.05, 4.69) is 17.3 Å². The number of carbonyl (C=O) groups is 1. The fourth-order valence-corrected chi connectivity index (χ4v) is 2.79. The van der Waals surface area contributed by atoms with Crippen LogP contribution < -0.4 is 10.2 Å². The van der Waals surface area contributed by atoms with Gasteiger partial charge in [0.1, 0.15) is 0 Å². The van der Waals surface area contributed by atoms with Crippen LogP contribution in [0.5, 0.6) is 0 Å². The van der Waals surface area contributed by atoms with Crippen molar-refractivity contribution in [2.45, 2.75) is 25.8 Å². The van der Waals surface area contributed by atoms with Crippen LogP contribution >= 0.6 is 12.4 Å². The van der Waals surface area contributed by atoms with Crippen molar-refractivity contribution in [1.29, 1.82) is 0 Å². The molecule has 0 saturated carbocycles. The average Bonchev–Trinajstić information content (AvgIpc) is 2.50. The molecular formula is C16H26ClN3O. The van der Waals surface area contributed by atoms with Crippen LogP contribution in [0.25, 0.3) is 0 Å². The van der Waals surface area contributed by atoms with Crippen LogP contribution in [0.3, 0.4) is 0 Å². The van der Waals surface area contributed by atoms with Gasteiger partial charge in [0, 0.05) is 18.3 Å². The van der Waals surface area contributed by atoms with E-state index in [0.717, 1.165) is 31.6 Å². The number of para-hydroxylation sites is 1. The van der Waals surface area contributed by atoms with E-state index in [1.165, 1.54) is 0 Å². The SMILES string of the molecule is CCN(C(=O)CN(C)C1CCNCC1)c1ccccc1.Cl. The molecule has 0 atom stereocenters. The lowest BCUT2D eigenvalue weighted by molar-refractivity contribution is -0.120. The second kappa shape index (κ2) is 9.03. The highest BCUT2D eigenvalue weighted by molar-refractivity contribution is 5.94. The zero-order valence-corrected chi connectivity index (χ0v) is 13.7. The molecule has 1 amide bonds. The van der Waals surface area contributed by atoms with Gasteiger partial charge in [-0.15, -0.1) is 12.4 Å². The van der Waals surface area contributed by atoms with Gasteiger partial charge in [0.2, 0.25) is 5.91 Å². The quantitative estimate of drug-likeness (QED) is 0.905. The van der Waals surface area contributed by atoms with Crippen molar-refractivity contribution in [1.82, 2.24) is 10.2 Å². The van der Waals surface area contributed by atoms with Gasteiger partial charge in [-0.2, -0.15) is 0 Å². The molecule has 4 nitrogen and oxygen atoms in total. The van der Waals surface area contributed by atoms with Crippen LogP contribution in [0, 0.1) is 0 Å². The Bertz CT molecular complexity index is 421. The van der Waals surface area contributed by atoms with Gasteiger partial charge in [-0.1, -0.05) is 18.2 Å². The number of amides is 1. The maximum atomic E-state index is 12.5. The largest absolute Gasteiger partial charge is 0.317 e. The van der Waals surface area contributed by atoms with Crippen LogP contribution in [-0.4, -0.2) is 50.1 Å². The van der Waals surface area contributed by atoms with Crippen molar-refractivity contribution < 1.29 is 4.79 Å². The van der Waals surface area contributed by atoms with Crippen LogP contribution in [0.15, 0.2) is 30.3 Å². The van der Waals surface area contributed by atoms with E-state index in [9.17, 15) is 4.79 Å². The minimum absolute atomic E-state index is 0. The molecule has 0 radical (unpaired) electrons. The number of piperidine rings is 1. The van der Waals surface area contributed by atoms with Crippen molar-refractivity contribution in [2.24, 2.45) is 0 Å². The Morgan fingerprint density at radius 3 is 2.43 bits per heavy atom. The molecule has 0 unspecified atom stereocenters. The lowest BCUT2D eigenvalue weighted by Gasteiger charge is -2.32. The number of hydrogen-bond donors (Lipinski definition) is 1. The molecular weight excluding hydrogens is 286 g/mol. The smallest absolute Gasteiger partial charge is 0.241 e. The Morgan fingerprint density at radius 1 is 1.24 bits per heavy atom. The summed E-state index contributed by atoms with van der Waals surface area (Å²) in [7, 11) is 2.06. The number of likely N-dealkylation sites (N-methyl/N-ethyl adjacent to an activating group) is 2. The molecule has 118 valence electrons. The summed E-state index contributed by atoms with van der Waals surface area (Å²) in [6, 6.07) is 10.4. The summed E-state index contributed by atoms with van der Waals surface area (Å²) < 4.78 is 0. The Balaban J connectivity index is 0.00000220. The van der Waals surface area contributed by atoms with Crippen molar-refractivity contribution >= 4 is 24.0 Å². The molecule has 0 aromatic heterocycles. The van der Waals surface area contributed by atoms with E-state index in [1.54, 1.807) is 0 Å². The topological polar surface area (TPSA) is 35.6 Å². The minimum Gasteiger partial charge on any atom is -0.317 e. The molecule has 1 fully saturated rings. The summed E-state index contributed by atoms with van der Waals surface area (Å²) in [4.78, 5) is 16.6. The van der Waals surface area contributed by atoms with Gasteiger partial charge < -0.3 is 10.2 Å². The molecule has 1 saturated heterocycles. The number of rotatable bonds is 5. The molecule has 1 heterocycles. The van der Waals surface area contributed by atoms with Gasteiger partial charge in [0.25, 0.3) is 0 Å². The first-order chi connectivity index (χ1) is 9.72. The maximum Gasteiger partial charge on any atom is 0.241 e. The number of halogens is 1. The molecule has 1 N–H and O–H groups in total. The first-order valence-corrected chi connectivity index (χ1v) is 7.48. The lowest BCUT2D eigenvalue weighted by atomic mass is 10.1.